The molecule has 8 heteroatoms. The molecule has 2 heterocycles. The molecular weight excluding hydrogens is 432 g/mol. The number of phenols is 1. The number of hydrogen-bond donors (Lipinski definition) is 2. The molecule has 0 aromatic heterocycles. The molecule has 178 valence electrons. The summed E-state index contributed by atoms with van der Waals surface area (Å²) in [5.74, 6) is -0.804. The number of likely N-dealkylation sites (N-methyl/N-ethyl adjacent to an activating group) is 2. The van der Waals surface area contributed by atoms with Gasteiger partial charge < -0.3 is 25.1 Å². The van der Waals surface area contributed by atoms with Crippen LogP contribution in [0.5, 0.6) is 5.75 Å². The van der Waals surface area contributed by atoms with E-state index < -0.39 is 5.41 Å². The topological polar surface area (TPSA) is 93.2 Å². The molecule has 0 saturated carbocycles. The summed E-state index contributed by atoms with van der Waals surface area (Å²) in [6.45, 7) is 4.93. The number of phenolic OH excluding ortho intramolecular Hbond substituents is 1. The Hall–Kier alpha value is -3.65. The van der Waals surface area contributed by atoms with Crippen LogP contribution in [-0.4, -0.2) is 60.3 Å². The van der Waals surface area contributed by atoms with E-state index in [0.29, 0.717) is 30.9 Å². The van der Waals surface area contributed by atoms with E-state index in [9.17, 15) is 19.5 Å². The van der Waals surface area contributed by atoms with Gasteiger partial charge >= 0.3 is 0 Å². The second kappa shape index (κ2) is 8.61. The van der Waals surface area contributed by atoms with Crippen molar-refractivity contribution in [1.82, 2.24) is 9.80 Å². The summed E-state index contributed by atoms with van der Waals surface area (Å²) in [5, 5.41) is 13.3. The maximum atomic E-state index is 13.4. The van der Waals surface area contributed by atoms with E-state index in [1.54, 1.807) is 42.8 Å². The molecule has 8 nitrogen and oxygen atoms in total. The van der Waals surface area contributed by atoms with E-state index in [1.165, 1.54) is 6.07 Å². The molecule has 0 atom stereocenters. The normalized spacial score (nSPS) is 16.1. The second-order valence-electron chi connectivity index (χ2n) is 9.63. The number of fused-ring (bicyclic) bond motifs is 2. The molecule has 0 saturated heterocycles. The van der Waals surface area contributed by atoms with Crippen LogP contribution >= 0.6 is 0 Å². The van der Waals surface area contributed by atoms with E-state index in [-0.39, 0.29) is 29.0 Å². The zero-order valence-electron chi connectivity index (χ0n) is 20.2. The Morgan fingerprint density at radius 3 is 2.62 bits per heavy atom. The summed E-state index contributed by atoms with van der Waals surface area (Å²) in [6, 6.07) is 8.75. The average molecular weight is 463 g/mol. The van der Waals surface area contributed by atoms with Crippen molar-refractivity contribution >= 4 is 29.1 Å². The van der Waals surface area contributed by atoms with Crippen molar-refractivity contribution in [2.24, 2.45) is 0 Å². The van der Waals surface area contributed by atoms with E-state index in [4.69, 9.17) is 0 Å². The number of carbonyl (C=O) groups excluding carboxylic acids is 3. The third-order valence-corrected chi connectivity index (χ3v) is 6.52. The molecule has 2 aliphatic heterocycles. The van der Waals surface area contributed by atoms with Crippen LogP contribution in [0, 0.1) is 0 Å². The highest BCUT2D eigenvalue weighted by Crippen LogP contribution is 2.41. The summed E-state index contributed by atoms with van der Waals surface area (Å²) in [5.41, 5.74) is 3.20. The quantitative estimate of drug-likeness (QED) is 0.667. The Kier molecular flexibility index (Phi) is 5.95. The molecule has 2 aliphatic rings. The predicted octanol–water partition coefficient (Wildman–Crippen LogP) is 2.86. The molecule has 0 radical (unpaired) electrons. The maximum absolute atomic E-state index is 13.4. The van der Waals surface area contributed by atoms with E-state index in [2.05, 4.69) is 5.32 Å². The van der Waals surface area contributed by atoms with Crippen molar-refractivity contribution in [2.45, 2.75) is 32.4 Å². The summed E-state index contributed by atoms with van der Waals surface area (Å²) < 4.78 is 0. The van der Waals surface area contributed by atoms with Crippen molar-refractivity contribution in [3.8, 4) is 5.75 Å². The fourth-order valence-electron chi connectivity index (χ4n) is 4.41. The summed E-state index contributed by atoms with van der Waals surface area (Å²) in [7, 11) is 5.59. The maximum Gasteiger partial charge on any atom is 0.258 e. The molecule has 3 amide bonds. The van der Waals surface area contributed by atoms with Gasteiger partial charge in [0.15, 0.2) is 0 Å². The number of hydrogen-bond acceptors (Lipinski definition) is 5. The van der Waals surface area contributed by atoms with Crippen LogP contribution < -0.4 is 10.2 Å². The lowest BCUT2D eigenvalue weighted by molar-refractivity contribution is -0.119. The molecule has 0 fully saturated rings. The minimum absolute atomic E-state index is 0.143. The van der Waals surface area contributed by atoms with Gasteiger partial charge in [-0.15, -0.1) is 0 Å². The first-order valence-electron chi connectivity index (χ1n) is 11.2. The van der Waals surface area contributed by atoms with Crippen LogP contribution in [0.15, 0.2) is 42.5 Å². The Morgan fingerprint density at radius 2 is 1.91 bits per heavy atom. The first-order chi connectivity index (χ1) is 16.0. The van der Waals surface area contributed by atoms with Gasteiger partial charge in [0.2, 0.25) is 11.8 Å². The Labute approximate surface area is 199 Å². The number of aromatic hydroxyl groups is 1. The van der Waals surface area contributed by atoms with E-state index >= 15 is 0 Å². The monoisotopic (exact) mass is 462 g/mol. The average Bonchev–Trinajstić information content (AvgIpc) is 3.30. The predicted molar refractivity (Wildman–Crippen MR) is 131 cm³/mol. The number of anilines is 2. The summed E-state index contributed by atoms with van der Waals surface area (Å²) in [6.07, 6.45) is 3.37. The van der Waals surface area contributed by atoms with Gasteiger partial charge in [-0.25, -0.2) is 0 Å². The highest BCUT2D eigenvalue weighted by molar-refractivity contribution is 6.08. The molecule has 0 bridgehead atoms. The zero-order chi connectivity index (χ0) is 24.8. The lowest BCUT2D eigenvalue weighted by Gasteiger charge is -2.21. The van der Waals surface area contributed by atoms with Crippen LogP contribution in [-0.2, 0) is 28.1 Å². The van der Waals surface area contributed by atoms with Gasteiger partial charge in [0.05, 0.1) is 11.0 Å². The molecule has 34 heavy (non-hydrogen) atoms. The number of nitrogens with zero attached hydrogens (tertiary/aromatic N) is 3. The van der Waals surface area contributed by atoms with Gasteiger partial charge in [-0.1, -0.05) is 18.2 Å². The van der Waals surface area contributed by atoms with Gasteiger partial charge in [0, 0.05) is 55.8 Å². The van der Waals surface area contributed by atoms with E-state index in [1.807, 2.05) is 43.3 Å². The minimum atomic E-state index is -0.789. The van der Waals surface area contributed by atoms with Gasteiger partial charge in [0.1, 0.15) is 5.75 Å². The number of benzene rings is 2. The van der Waals surface area contributed by atoms with Crippen molar-refractivity contribution < 1.29 is 19.5 Å². The number of nitrogens with one attached hydrogen (secondary N) is 1. The SMILES string of the molecule is CN(C)C/C=C/C(=O)N(C)c1cccc2c1CN(C(=O)c1cc3c(cc1O)NC(=O)C3(C)C)C2. The Morgan fingerprint density at radius 1 is 1.18 bits per heavy atom. The molecule has 0 unspecified atom stereocenters. The number of rotatable bonds is 5. The van der Waals surface area contributed by atoms with Crippen molar-refractivity contribution in [1.29, 1.82) is 0 Å². The zero-order valence-corrected chi connectivity index (χ0v) is 20.2. The fourth-order valence-corrected chi connectivity index (χ4v) is 4.41. The van der Waals surface area contributed by atoms with Crippen LogP contribution in [0.2, 0.25) is 0 Å². The molecule has 2 aromatic rings. The van der Waals surface area contributed by atoms with Crippen LogP contribution in [0.3, 0.4) is 0 Å². The molecule has 2 N–H and O–H groups in total. The fraction of sp³-hybridized carbons (Fsp3) is 0.346. The summed E-state index contributed by atoms with van der Waals surface area (Å²) >= 11 is 0. The molecule has 0 aliphatic carbocycles. The highest BCUT2D eigenvalue weighted by Gasteiger charge is 2.40. The molecule has 4 rings (SSSR count). The van der Waals surface area contributed by atoms with Crippen molar-refractivity contribution in [2.75, 3.05) is 37.9 Å². The Bertz CT molecular complexity index is 1220. The molecular formula is C26H30N4O4. The molecule has 2 aromatic carbocycles. The first-order valence-corrected chi connectivity index (χ1v) is 11.2. The lowest BCUT2D eigenvalue weighted by Crippen LogP contribution is -2.28. The molecule has 0 spiro atoms. The largest absolute Gasteiger partial charge is 0.507 e. The first kappa shape index (κ1) is 23.5. The van der Waals surface area contributed by atoms with Gasteiger partial charge in [0.25, 0.3) is 5.91 Å². The highest BCUT2D eigenvalue weighted by atomic mass is 16.3. The third kappa shape index (κ3) is 4.05. The van der Waals surface area contributed by atoms with Crippen LogP contribution in [0.4, 0.5) is 11.4 Å². The van der Waals surface area contributed by atoms with E-state index in [0.717, 1.165) is 16.8 Å². The number of amides is 3. The summed E-state index contributed by atoms with van der Waals surface area (Å²) in [4.78, 5) is 43.6. The van der Waals surface area contributed by atoms with Gasteiger partial charge in [-0.3, -0.25) is 14.4 Å². The lowest BCUT2D eigenvalue weighted by atomic mass is 9.85. The third-order valence-electron chi connectivity index (χ3n) is 6.52. The van der Waals surface area contributed by atoms with Crippen molar-refractivity contribution in [3.63, 3.8) is 0 Å². The smallest absolute Gasteiger partial charge is 0.258 e. The van der Waals surface area contributed by atoms with Crippen LogP contribution in [0.25, 0.3) is 0 Å². The Balaban J connectivity index is 1.58. The van der Waals surface area contributed by atoms with Crippen molar-refractivity contribution in [3.05, 3.63) is 64.7 Å². The van der Waals surface area contributed by atoms with Gasteiger partial charge in [-0.05, 0) is 51.2 Å². The minimum Gasteiger partial charge on any atom is -0.507 e. The number of carbonyl (C=O) groups is 3. The van der Waals surface area contributed by atoms with Gasteiger partial charge in [-0.2, -0.15) is 0 Å². The standard InChI is InChI=1S/C26H30N4O4/c1-26(2)19-12-17(22(31)13-20(19)27-25(26)34)24(33)30-14-16-8-6-9-21(18(16)15-30)29(5)23(32)10-7-11-28(3)4/h6-10,12-13,31H,11,14-15H2,1-5H3,(H,27,34)/b10-7+. The van der Waals surface area contributed by atoms with Crippen LogP contribution in [0.1, 0.15) is 40.9 Å². The second-order valence-corrected chi connectivity index (χ2v) is 9.63.